The van der Waals surface area contributed by atoms with E-state index in [-0.39, 0.29) is 0 Å². The van der Waals surface area contributed by atoms with Crippen LogP contribution in [0.4, 0.5) is 18.9 Å². The summed E-state index contributed by atoms with van der Waals surface area (Å²) in [6, 6.07) is 3.06. The monoisotopic (exact) mass is 324 g/mol. The average Bonchev–Trinajstić information content (AvgIpc) is 2.35. The molecule has 0 amide bonds. The molecule has 0 bridgehead atoms. The van der Waals surface area contributed by atoms with Crippen molar-refractivity contribution in [3.8, 4) is 0 Å². The van der Waals surface area contributed by atoms with Crippen LogP contribution in [0, 0.1) is 5.92 Å². The van der Waals surface area contributed by atoms with Gasteiger partial charge in [-0.05, 0) is 24.1 Å². The smallest absolute Gasteiger partial charge is 0.374 e. The lowest BCUT2D eigenvalue weighted by molar-refractivity contribution is -0.139. The highest BCUT2D eigenvalue weighted by molar-refractivity contribution is 7.89. The molecular formula is C13H19F3N2O2S. The van der Waals surface area contributed by atoms with Gasteiger partial charge in [0.15, 0.2) is 0 Å². The molecule has 1 atom stereocenters. The first-order chi connectivity index (χ1) is 9.46. The standard InChI is InChI=1S/C13H19F3N2O2S/c1-4-9(2)8-18(3)10-5-6-12(21(17,19)20)11(7-10)13(14,15)16/h5-7,9H,4,8H2,1-3H3,(H2,17,19,20). The molecule has 0 radical (unpaired) electrons. The number of benzene rings is 1. The predicted molar refractivity (Wildman–Crippen MR) is 75.5 cm³/mol. The zero-order valence-electron chi connectivity index (χ0n) is 12.1. The number of halogens is 3. The van der Waals surface area contributed by atoms with Crippen LogP contribution < -0.4 is 10.0 Å². The number of rotatable bonds is 5. The molecule has 0 saturated heterocycles. The maximum Gasteiger partial charge on any atom is 0.417 e. The molecule has 0 heterocycles. The fourth-order valence-corrected chi connectivity index (χ4v) is 2.67. The zero-order valence-corrected chi connectivity index (χ0v) is 12.9. The van der Waals surface area contributed by atoms with E-state index in [0.29, 0.717) is 18.2 Å². The van der Waals surface area contributed by atoms with Crippen LogP contribution in [0.5, 0.6) is 0 Å². The highest BCUT2D eigenvalue weighted by atomic mass is 32.2. The van der Waals surface area contributed by atoms with Crippen molar-refractivity contribution < 1.29 is 21.6 Å². The number of sulfonamides is 1. The normalized spacial score (nSPS) is 14.0. The predicted octanol–water partition coefficient (Wildman–Crippen LogP) is 2.84. The molecule has 1 aromatic rings. The quantitative estimate of drug-likeness (QED) is 0.906. The highest BCUT2D eigenvalue weighted by Crippen LogP contribution is 2.36. The van der Waals surface area contributed by atoms with Crippen LogP contribution in [0.2, 0.25) is 0 Å². The molecule has 1 rings (SSSR count). The van der Waals surface area contributed by atoms with Crippen LogP contribution >= 0.6 is 0 Å². The number of anilines is 1. The van der Waals surface area contributed by atoms with Crippen molar-refractivity contribution >= 4 is 15.7 Å². The number of hydrogen-bond donors (Lipinski definition) is 1. The van der Waals surface area contributed by atoms with E-state index >= 15 is 0 Å². The van der Waals surface area contributed by atoms with Crippen LogP contribution in [0.3, 0.4) is 0 Å². The van der Waals surface area contributed by atoms with Crippen molar-refractivity contribution in [2.45, 2.75) is 31.3 Å². The Morgan fingerprint density at radius 2 is 1.90 bits per heavy atom. The molecule has 0 aliphatic rings. The van der Waals surface area contributed by atoms with E-state index in [9.17, 15) is 21.6 Å². The van der Waals surface area contributed by atoms with Crippen molar-refractivity contribution in [2.75, 3.05) is 18.5 Å². The first-order valence-electron chi connectivity index (χ1n) is 6.42. The number of primary sulfonamides is 1. The zero-order chi connectivity index (χ0) is 16.4. The van der Waals surface area contributed by atoms with Gasteiger partial charge >= 0.3 is 6.18 Å². The third-order valence-electron chi connectivity index (χ3n) is 3.30. The van der Waals surface area contributed by atoms with Gasteiger partial charge in [0.25, 0.3) is 0 Å². The van der Waals surface area contributed by atoms with Gasteiger partial charge in [-0.2, -0.15) is 13.2 Å². The third-order valence-corrected chi connectivity index (χ3v) is 4.27. The maximum absolute atomic E-state index is 13.0. The Balaban J connectivity index is 3.29. The van der Waals surface area contributed by atoms with Crippen LogP contribution in [-0.4, -0.2) is 22.0 Å². The minimum atomic E-state index is -4.78. The Bertz CT molecular complexity index is 600. The van der Waals surface area contributed by atoms with E-state index in [4.69, 9.17) is 5.14 Å². The minimum absolute atomic E-state index is 0.301. The molecule has 0 aliphatic heterocycles. The summed E-state index contributed by atoms with van der Waals surface area (Å²) in [7, 11) is -2.76. The Morgan fingerprint density at radius 3 is 2.33 bits per heavy atom. The van der Waals surface area contributed by atoms with E-state index in [2.05, 4.69) is 0 Å². The van der Waals surface area contributed by atoms with Gasteiger partial charge in [-0.3, -0.25) is 0 Å². The first kappa shape index (κ1) is 17.8. The van der Waals surface area contributed by atoms with Crippen molar-refractivity contribution in [1.29, 1.82) is 0 Å². The molecule has 21 heavy (non-hydrogen) atoms. The Kier molecular flexibility index (Phi) is 5.27. The lowest BCUT2D eigenvalue weighted by Crippen LogP contribution is -2.25. The fourth-order valence-electron chi connectivity index (χ4n) is 1.93. The summed E-state index contributed by atoms with van der Waals surface area (Å²) in [5.41, 5.74) is -0.937. The summed E-state index contributed by atoms with van der Waals surface area (Å²) >= 11 is 0. The lowest BCUT2D eigenvalue weighted by atomic mass is 10.1. The van der Waals surface area contributed by atoms with Gasteiger partial charge in [0.1, 0.15) is 0 Å². The van der Waals surface area contributed by atoms with Gasteiger partial charge in [-0.15, -0.1) is 0 Å². The topological polar surface area (TPSA) is 63.4 Å². The third kappa shape index (κ3) is 4.60. The fraction of sp³-hybridized carbons (Fsp3) is 0.538. The van der Waals surface area contributed by atoms with Crippen LogP contribution in [0.1, 0.15) is 25.8 Å². The van der Waals surface area contributed by atoms with Gasteiger partial charge in [-0.25, -0.2) is 13.6 Å². The molecule has 2 N–H and O–H groups in total. The number of alkyl halides is 3. The molecule has 0 fully saturated rings. The Hall–Kier alpha value is -1.28. The summed E-state index contributed by atoms with van der Waals surface area (Å²) in [5, 5.41) is 4.84. The Morgan fingerprint density at radius 1 is 1.33 bits per heavy atom. The van der Waals surface area contributed by atoms with Crippen molar-refractivity contribution in [3.63, 3.8) is 0 Å². The van der Waals surface area contributed by atoms with Crippen LogP contribution in [0.15, 0.2) is 23.1 Å². The van der Waals surface area contributed by atoms with E-state index in [1.807, 2.05) is 13.8 Å². The van der Waals surface area contributed by atoms with Gasteiger partial charge < -0.3 is 4.90 Å². The second-order valence-corrected chi connectivity index (χ2v) is 6.65. The van der Waals surface area contributed by atoms with E-state index < -0.39 is 26.7 Å². The van der Waals surface area contributed by atoms with E-state index in [0.717, 1.165) is 18.6 Å². The molecule has 0 aromatic heterocycles. The van der Waals surface area contributed by atoms with Crippen molar-refractivity contribution in [3.05, 3.63) is 23.8 Å². The van der Waals surface area contributed by atoms with Gasteiger partial charge in [0, 0.05) is 19.3 Å². The molecule has 120 valence electrons. The molecule has 0 spiro atoms. The highest BCUT2D eigenvalue weighted by Gasteiger charge is 2.36. The maximum atomic E-state index is 13.0. The molecular weight excluding hydrogens is 305 g/mol. The molecule has 8 heteroatoms. The van der Waals surface area contributed by atoms with Crippen LogP contribution in [0.25, 0.3) is 0 Å². The largest absolute Gasteiger partial charge is 0.417 e. The summed E-state index contributed by atoms with van der Waals surface area (Å²) in [6.07, 6.45) is -3.89. The minimum Gasteiger partial charge on any atom is -0.374 e. The van der Waals surface area contributed by atoms with E-state index in [1.54, 1.807) is 11.9 Å². The molecule has 1 aromatic carbocycles. The number of nitrogens with zero attached hydrogens (tertiary/aromatic N) is 1. The molecule has 0 aliphatic carbocycles. The summed E-state index contributed by atoms with van der Waals surface area (Å²) in [5.74, 6) is 0.308. The van der Waals surface area contributed by atoms with Crippen molar-refractivity contribution in [1.82, 2.24) is 0 Å². The SMILES string of the molecule is CCC(C)CN(C)c1ccc(S(N)(=O)=O)c(C(F)(F)F)c1. The molecule has 4 nitrogen and oxygen atoms in total. The first-order valence-corrected chi connectivity index (χ1v) is 7.96. The Labute approximate surface area is 122 Å². The average molecular weight is 324 g/mol. The van der Waals surface area contributed by atoms with Crippen molar-refractivity contribution in [2.24, 2.45) is 11.1 Å². The summed E-state index contributed by atoms with van der Waals surface area (Å²) in [6.45, 7) is 4.55. The van der Waals surface area contributed by atoms with Gasteiger partial charge in [0.2, 0.25) is 10.0 Å². The number of nitrogens with two attached hydrogens (primary N) is 1. The van der Waals surface area contributed by atoms with E-state index in [1.165, 1.54) is 6.07 Å². The number of hydrogen-bond acceptors (Lipinski definition) is 3. The molecule has 0 saturated carbocycles. The lowest BCUT2D eigenvalue weighted by Gasteiger charge is -2.24. The summed E-state index contributed by atoms with van der Waals surface area (Å²) < 4.78 is 61.6. The second kappa shape index (κ2) is 6.23. The van der Waals surface area contributed by atoms with Crippen LogP contribution in [-0.2, 0) is 16.2 Å². The molecule has 1 unspecified atom stereocenters. The van der Waals surface area contributed by atoms with Gasteiger partial charge in [0.05, 0.1) is 10.5 Å². The van der Waals surface area contributed by atoms with Gasteiger partial charge in [-0.1, -0.05) is 20.3 Å². The second-order valence-electron chi connectivity index (χ2n) is 5.12. The summed E-state index contributed by atoms with van der Waals surface area (Å²) in [4.78, 5) is 0.756.